The zero-order valence-corrected chi connectivity index (χ0v) is 7.66. The molecule has 0 aliphatic heterocycles. The highest BCUT2D eigenvalue weighted by atomic mass is 16.5. The van der Waals surface area contributed by atoms with Crippen molar-refractivity contribution < 1.29 is 14.1 Å². The lowest BCUT2D eigenvalue weighted by Gasteiger charge is -1.98. The average Bonchev–Trinajstić information content (AvgIpc) is 2.47. The second kappa shape index (κ2) is 4.04. The first-order chi connectivity index (χ1) is 6.20. The topological polar surface area (TPSA) is 78.3 Å². The van der Waals surface area contributed by atoms with Crippen LogP contribution in [-0.4, -0.2) is 17.7 Å². The summed E-state index contributed by atoms with van der Waals surface area (Å²) in [6.45, 7) is 3.98. The van der Waals surface area contributed by atoms with E-state index >= 15 is 0 Å². The van der Waals surface area contributed by atoms with Crippen LogP contribution >= 0.6 is 0 Å². The first-order valence-electron chi connectivity index (χ1n) is 4.03. The van der Waals surface area contributed by atoms with Crippen molar-refractivity contribution in [2.24, 2.45) is 5.73 Å². The smallest absolute Gasteiger partial charge is 0.360 e. The van der Waals surface area contributed by atoms with Crippen molar-refractivity contribution in [1.29, 1.82) is 0 Å². The third-order valence-corrected chi connectivity index (χ3v) is 1.66. The highest BCUT2D eigenvalue weighted by Crippen LogP contribution is 2.13. The molecule has 1 heterocycles. The number of carbonyl (C=O) groups is 1. The van der Waals surface area contributed by atoms with Gasteiger partial charge in [-0.3, -0.25) is 0 Å². The summed E-state index contributed by atoms with van der Waals surface area (Å²) in [4.78, 5) is 11.2. The van der Waals surface area contributed by atoms with E-state index in [4.69, 9.17) is 15.0 Å². The van der Waals surface area contributed by atoms with E-state index < -0.39 is 5.97 Å². The highest BCUT2D eigenvalue weighted by Gasteiger charge is 2.19. The standard InChI is InChI=1S/C8H12N2O3/c1-3-12-8(11)7-6(4-9)5(2)13-10-7/h3-4,9H2,1-2H3. The summed E-state index contributed by atoms with van der Waals surface area (Å²) in [6, 6.07) is 0. The maximum absolute atomic E-state index is 11.2. The molecule has 1 aromatic rings. The fraction of sp³-hybridized carbons (Fsp3) is 0.500. The van der Waals surface area contributed by atoms with E-state index in [9.17, 15) is 4.79 Å². The third kappa shape index (κ3) is 1.86. The summed E-state index contributed by atoms with van der Waals surface area (Å²) in [5.41, 5.74) is 6.21. The molecular weight excluding hydrogens is 172 g/mol. The van der Waals surface area contributed by atoms with Crippen LogP contribution in [0.3, 0.4) is 0 Å². The minimum absolute atomic E-state index is 0.182. The second-order valence-corrected chi connectivity index (χ2v) is 2.49. The Balaban J connectivity index is 2.93. The average molecular weight is 184 g/mol. The van der Waals surface area contributed by atoms with Crippen LogP contribution in [0.1, 0.15) is 28.7 Å². The fourth-order valence-corrected chi connectivity index (χ4v) is 0.991. The van der Waals surface area contributed by atoms with Crippen LogP contribution in [0.25, 0.3) is 0 Å². The van der Waals surface area contributed by atoms with Gasteiger partial charge in [0, 0.05) is 12.1 Å². The molecule has 13 heavy (non-hydrogen) atoms. The lowest BCUT2D eigenvalue weighted by Crippen LogP contribution is -2.10. The summed E-state index contributed by atoms with van der Waals surface area (Å²) >= 11 is 0. The summed E-state index contributed by atoms with van der Waals surface area (Å²) in [7, 11) is 0. The van der Waals surface area contributed by atoms with Crippen LogP contribution in [-0.2, 0) is 11.3 Å². The second-order valence-electron chi connectivity index (χ2n) is 2.49. The number of aromatic nitrogens is 1. The first kappa shape index (κ1) is 9.73. The lowest BCUT2D eigenvalue weighted by atomic mass is 10.2. The van der Waals surface area contributed by atoms with Crippen LogP contribution in [0.2, 0.25) is 0 Å². The predicted molar refractivity (Wildman–Crippen MR) is 45.1 cm³/mol. The van der Waals surface area contributed by atoms with E-state index in [2.05, 4.69) is 5.16 Å². The molecule has 0 aromatic carbocycles. The molecular formula is C8H12N2O3. The maximum Gasteiger partial charge on any atom is 0.360 e. The van der Waals surface area contributed by atoms with Gasteiger partial charge in [0.05, 0.1) is 6.61 Å². The van der Waals surface area contributed by atoms with E-state index in [1.807, 2.05) is 0 Å². The van der Waals surface area contributed by atoms with Gasteiger partial charge < -0.3 is 15.0 Å². The van der Waals surface area contributed by atoms with Crippen LogP contribution in [0.5, 0.6) is 0 Å². The lowest BCUT2D eigenvalue weighted by molar-refractivity contribution is 0.0513. The number of rotatable bonds is 3. The number of nitrogens with zero attached hydrogens (tertiary/aromatic N) is 1. The molecule has 0 bridgehead atoms. The number of nitrogens with two attached hydrogens (primary N) is 1. The third-order valence-electron chi connectivity index (χ3n) is 1.66. The Morgan fingerprint density at radius 2 is 2.38 bits per heavy atom. The van der Waals surface area contributed by atoms with E-state index in [0.717, 1.165) is 0 Å². The number of esters is 1. The van der Waals surface area contributed by atoms with Crippen molar-refractivity contribution in [3.05, 3.63) is 17.0 Å². The Morgan fingerprint density at radius 1 is 1.69 bits per heavy atom. The molecule has 1 aromatic heterocycles. The normalized spacial score (nSPS) is 10.1. The van der Waals surface area contributed by atoms with Crippen LogP contribution in [0.15, 0.2) is 4.52 Å². The number of hydrogen-bond acceptors (Lipinski definition) is 5. The minimum Gasteiger partial charge on any atom is -0.461 e. The van der Waals surface area contributed by atoms with Crippen molar-refractivity contribution in [3.8, 4) is 0 Å². The van der Waals surface area contributed by atoms with Crippen molar-refractivity contribution in [1.82, 2.24) is 5.16 Å². The molecule has 0 aliphatic carbocycles. The van der Waals surface area contributed by atoms with Crippen LogP contribution < -0.4 is 5.73 Å². The Bertz CT molecular complexity index is 306. The highest BCUT2D eigenvalue weighted by molar-refractivity contribution is 5.88. The van der Waals surface area contributed by atoms with Crippen molar-refractivity contribution in [2.75, 3.05) is 6.61 Å². The van der Waals surface area contributed by atoms with Gasteiger partial charge in [-0.05, 0) is 13.8 Å². The van der Waals surface area contributed by atoms with Crippen molar-refractivity contribution in [3.63, 3.8) is 0 Å². The molecule has 0 radical (unpaired) electrons. The minimum atomic E-state index is -0.486. The Morgan fingerprint density at radius 3 is 2.92 bits per heavy atom. The molecule has 0 saturated carbocycles. The van der Waals surface area contributed by atoms with Crippen LogP contribution in [0.4, 0.5) is 0 Å². The van der Waals surface area contributed by atoms with Gasteiger partial charge in [0.25, 0.3) is 0 Å². The predicted octanol–water partition coefficient (Wildman–Crippen LogP) is 0.618. The first-order valence-corrected chi connectivity index (χ1v) is 4.03. The van der Waals surface area contributed by atoms with E-state index in [0.29, 0.717) is 17.9 Å². The molecule has 72 valence electrons. The largest absolute Gasteiger partial charge is 0.461 e. The molecule has 0 aliphatic rings. The quantitative estimate of drug-likeness (QED) is 0.696. The Kier molecular flexibility index (Phi) is 3.02. The van der Waals surface area contributed by atoms with Gasteiger partial charge in [0.15, 0.2) is 5.69 Å². The molecule has 0 spiro atoms. The number of aryl methyl sites for hydroxylation is 1. The maximum atomic E-state index is 11.2. The van der Waals surface area contributed by atoms with Gasteiger partial charge in [0.2, 0.25) is 0 Å². The molecule has 0 saturated heterocycles. The van der Waals surface area contributed by atoms with Gasteiger partial charge in [-0.1, -0.05) is 5.16 Å². The molecule has 0 atom stereocenters. The summed E-state index contributed by atoms with van der Waals surface area (Å²) < 4.78 is 9.59. The summed E-state index contributed by atoms with van der Waals surface area (Å²) in [5, 5.41) is 3.58. The Labute approximate surface area is 75.8 Å². The molecule has 1 rings (SSSR count). The van der Waals surface area contributed by atoms with Gasteiger partial charge in [0.1, 0.15) is 5.76 Å². The van der Waals surface area contributed by atoms with Gasteiger partial charge in [-0.25, -0.2) is 4.79 Å². The monoisotopic (exact) mass is 184 g/mol. The molecule has 2 N–H and O–H groups in total. The fourth-order valence-electron chi connectivity index (χ4n) is 0.991. The van der Waals surface area contributed by atoms with Gasteiger partial charge in [-0.2, -0.15) is 0 Å². The molecule has 0 unspecified atom stereocenters. The number of ether oxygens (including phenoxy) is 1. The molecule has 5 nitrogen and oxygen atoms in total. The summed E-state index contributed by atoms with van der Waals surface area (Å²) in [5.74, 6) is 0.0744. The van der Waals surface area contributed by atoms with Crippen molar-refractivity contribution >= 4 is 5.97 Å². The zero-order valence-electron chi connectivity index (χ0n) is 7.66. The molecule has 0 fully saturated rings. The Hall–Kier alpha value is -1.36. The summed E-state index contributed by atoms with van der Waals surface area (Å²) in [6.07, 6.45) is 0. The number of carbonyl (C=O) groups excluding carboxylic acids is 1. The van der Waals surface area contributed by atoms with Gasteiger partial charge >= 0.3 is 5.97 Å². The van der Waals surface area contributed by atoms with Crippen LogP contribution in [0, 0.1) is 6.92 Å². The SMILES string of the molecule is CCOC(=O)c1noc(C)c1CN. The van der Waals surface area contributed by atoms with Gasteiger partial charge in [-0.15, -0.1) is 0 Å². The van der Waals surface area contributed by atoms with E-state index in [1.54, 1.807) is 13.8 Å². The number of hydrogen-bond donors (Lipinski definition) is 1. The van der Waals surface area contributed by atoms with E-state index in [-0.39, 0.29) is 12.2 Å². The van der Waals surface area contributed by atoms with Crippen molar-refractivity contribution in [2.45, 2.75) is 20.4 Å². The molecule has 0 amide bonds. The van der Waals surface area contributed by atoms with E-state index in [1.165, 1.54) is 0 Å². The zero-order chi connectivity index (χ0) is 9.84. The molecule has 5 heteroatoms.